The van der Waals surface area contributed by atoms with Crippen molar-refractivity contribution in [2.24, 2.45) is 0 Å². The lowest BCUT2D eigenvalue weighted by atomic mass is 10.2. The number of aliphatic carboxylic acids is 1. The fourth-order valence-electron chi connectivity index (χ4n) is 3.26. The van der Waals surface area contributed by atoms with Gasteiger partial charge in [0.25, 0.3) is 0 Å². The molecule has 0 saturated heterocycles. The van der Waals surface area contributed by atoms with Crippen molar-refractivity contribution in [3.8, 4) is 70.7 Å². The zero-order valence-corrected chi connectivity index (χ0v) is 18.7. The van der Waals surface area contributed by atoms with Gasteiger partial charge in [0.2, 0.25) is 0 Å². The van der Waals surface area contributed by atoms with E-state index in [9.17, 15) is 4.79 Å². The Kier molecular flexibility index (Phi) is 12.7. The minimum absolute atomic E-state index is 0.124. The molecule has 0 aliphatic carbocycles. The summed E-state index contributed by atoms with van der Waals surface area (Å²) >= 11 is 0. The average Bonchev–Trinajstić information content (AvgIpc) is 2.60. The molecule has 0 aromatic rings. The fourth-order valence-corrected chi connectivity index (χ4v) is 8.40. The highest BCUT2D eigenvalue weighted by atomic mass is 28.3. The summed E-state index contributed by atoms with van der Waals surface area (Å²) in [5.74, 6) is 28.8. The molecule has 0 rings (SSSR count). The molecule has 0 aliphatic heterocycles. The molecule has 0 bridgehead atoms. The summed E-state index contributed by atoms with van der Waals surface area (Å²) in [5.41, 5.74) is 5.26. The summed E-state index contributed by atoms with van der Waals surface area (Å²) in [7, 11) is -1.74. The van der Waals surface area contributed by atoms with Crippen molar-refractivity contribution in [2.45, 2.75) is 77.4 Å². The van der Waals surface area contributed by atoms with Crippen LogP contribution in [0.15, 0.2) is 0 Å². The van der Waals surface area contributed by atoms with Crippen molar-refractivity contribution < 1.29 is 9.90 Å². The summed E-state index contributed by atoms with van der Waals surface area (Å²) in [4.78, 5) is 10.3. The first-order valence-electron chi connectivity index (χ1n) is 9.46. The van der Waals surface area contributed by atoms with E-state index in [4.69, 9.17) is 5.11 Å². The molecular weight excluding hydrogens is 360 g/mol. The van der Waals surface area contributed by atoms with E-state index in [1.807, 2.05) is 0 Å². The van der Waals surface area contributed by atoms with Gasteiger partial charge in [-0.15, -0.1) is 5.54 Å². The lowest BCUT2D eigenvalue weighted by Gasteiger charge is -2.37. The quantitative estimate of drug-likeness (QED) is 0.414. The molecule has 0 heterocycles. The highest BCUT2D eigenvalue weighted by molar-refractivity contribution is 6.90. The molecule has 28 heavy (non-hydrogen) atoms. The Morgan fingerprint density at radius 3 is 1.50 bits per heavy atom. The number of hydrogen-bond donors (Lipinski definition) is 1. The van der Waals surface area contributed by atoms with E-state index in [1.54, 1.807) is 0 Å². The molecule has 144 valence electrons. The largest absolute Gasteiger partial charge is 0.481 e. The minimum Gasteiger partial charge on any atom is -0.481 e. The van der Waals surface area contributed by atoms with E-state index in [1.165, 1.54) is 0 Å². The van der Waals surface area contributed by atoms with Crippen LogP contribution >= 0.6 is 0 Å². The summed E-state index contributed by atoms with van der Waals surface area (Å²) < 4.78 is 0. The van der Waals surface area contributed by atoms with Gasteiger partial charge in [0.15, 0.2) is 0 Å². The lowest BCUT2D eigenvalue weighted by Crippen LogP contribution is -2.43. The van der Waals surface area contributed by atoms with Crippen LogP contribution in [0.4, 0.5) is 0 Å². The van der Waals surface area contributed by atoms with E-state index < -0.39 is 14.0 Å². The van der Waals surface area contributed by atoms with Gasteiger partial charge in [0.1, 0.15) is 8.07 Å². The second kappa shape index (κ2) is 14.1. The van der Waals surface area contributed by atoms with Gasteiger partial charge in [0, 0.05) is 12.8 Å². The third kappa shape index (κ3) is 9.66. The molecule has 0 aliphatic rings. The third-order valence-electron chi connectivity index (χ3n) is 4.49. The Balaban J connectivity index is 4.78. The second-order valence-electron chi connectivity index (χ2n) is 7.20. The normalized spacial score (nSPS) is 9.04. The van der Waals surface area contributed by atoms with Crippen molar-refractivity contribution in [3.63, 3.8) is 0 Å². The van der Waals surface area contributed by atoms with Gasteiger partial charge in [-0.1, -0.05) is 47.5 Å². The van der Waals surface area contributed by atoms with Crippen LogP contribution in [0.25, 0.3) is 0 Å². The highest BCUT2D eigenvalue weighted by Gasteiger charge is 2.41. The first-order valence-corrected chi connectivity index (χ1v) is 11.7. The van der Waals surface area contributed by atoms with Crippen molar-refractivity contribution in [2.75, 3.05) is 0 Å². The molecular formula is C25H28O2Si. The van der Waals surface area contributed by atoms with Crippen LogP contribution in [0.5, 0.6) is 0 Å². The molecule has 0 radical (unpaired) electrons. The second-order valence-corrected chi connectivity index (χ2v) is 12.8. The lowest BCUT2D eigenvalue weighted by molar-refractivity contribution is -0.137. The van der Waals surface area contributed by atoms with Crippen molar-refractivity contribution in [1.82, 2.24) is 0 Å². The standard InChI is InChI=1S/C25H28O2Si/c1-22(2)28(23(3)4,24(5)6)21-19-17-15-13-11-9-7-8-10-12-14-16-18-20-25(26)27/h22-24H,16,18,20H2,1-6H3,(H,26,27). The van der Waals surface area contributed by atoms with Gasteiger partial charge in [-0.2, -0.15) is 0 Å². The van der Waals surface area contributed by atoms with E-state index in [-0.39, 0.29) is 6.42 Å². The third-order valence-corrected chi connectivity index (χ3v) is 10.8. The monoisotopic (exact) mass is 388 g/mol. The smallest absolute Gasteiger partial charge is 0.303 e. The first kappa shape index (κ1) is 25.0. The summed E-state index contributed by atoms with van der Waals surface area (Å²) in [6, 6.07) is 0. The van der Waals surface area contributed by atoms with Crippen LogP contribution in [-0.2, 0) is 4.79 Å². The summed E-state index contributed by atoms with van der Waals surface area (Å²) in [6.07, 6.45) is 1.16. The molecule has 3 heteroatoms. The molecule has 2 nitrogen and oxygen atoms in total. The molecule has 0 aromatic heterocycles. The number of hydrogen-bond acceptors (Lipinski definition) is 1. The van der Waals surface area contributed by atoms with E-state index in [2.05, 4.69) is 112 Å². The van der Waals surface area contributed by atoms with Crippen molar-refractivity contribution >= 4 is 14.0 Å². The first-order chi connectivity index (χ1) is 13.2. The fraction of sp³-hybridized carbons (Fsp3) is 0.480. The van der Waals surface area contributed by atoms with Crippen LogP contribution in [0.1, 0.15) is 60.8 Å². The minimum atomic E-state index is -1.74. The van der Waals surface area contributed by atoms with Gasteiger partial charge >= 0.3 is 5.97 Å². The highest BCUT2D eigenvalue weighted by Crippen LogP contribution is 2.40. The Hall–Kier alpha value is -2.95. The summed E-state index contributed by atoms with van der Waals surface area (Å²) in [6.45, 7) is 13.6. The number of rotatable bonds is 6. The van der Waals surface area contributed by atoms with Gasteiger partial charge in [-0.3, -0.25) is 4.79 Å². The van der Waals surface area contributed by atoms with Crippen LogP contribution in [0.3, 0.4) is 0 Å². The van der Waals surface area contributed by atoms with E-state index in [0.717, 1.165) is 0 Å². The van der Waals surface area contributed by atoms with Crippen LogP contribution < -0.4 is 0 Å². The molecule has 1 N–H and O–H groups in total. The molecule has 0 unspecified atom stereocenters. The number of carboxylic acids is 1. The molecule has 0 atom stereocenters. The zero-order chi connectivity index (χ0) is 21.4. The average molecular weight is 389 g/mol. The maximum Gasteiger partial charge on any atom is 0.303 e. The Morgan fingerprint density at radius 1 is 0.714 bits per heavy atom. The zero-order valence-electron chi connectivity index (χ0n) is 17.7. The predicted molar refractivity (Wildman–Crippen MR) is 119 cm³/mol. The Labute approximate surface area is 172 Å². The van der Waals surface area contributed by atoms with Crippen molar-refractivity contribution in [1.29, 1.82) is 0 Å². The maximum absolute atomic E-state index is 10.3. The molecule has 0 aromatic carbocycles. The van der Waals surface area contributed by atoms with E-state index in [0.29, 0.717) is 29.5 Å². The summed E-state index contributed by atoms with van der Waals surface area (Å²) in [5, 5.41) is 8.48. The number of carbonyl (C=O) groups is 1. The van der Waals surface area contributed by atoms with Gasteiger partial charge in [0.05, 0.1) is 0 Å². The van der Waals surface area contributed by atoms with E-state index >= 15 is 0 Å². The Morgan fingerprint density at radius 2 is 1.11 bits per heavy atom. The van der Waals surface area contributed by atoms with Crippen LogP contribution in [0, 0.1) is 70.7 Å². The predicted octanol–water partition coefficient (Wildman–Crippen LogP) is 4.48. The Bertz CT molecular complexity index is 878. The van der Waals surface area contributed by atoms with Crippen molar-refractivity contribution in [3.05, 3.63) is 0 Å². The number of unbranched alkanes of at least 4 members (excludes halogenated alkanes) is 1. The maximum atomic E-state index is 10.3. The van der Waals surface area contributed by atoms with Gasteiger partial charge < -0.3 is 5.11 Å². The molecule has 0 amide bonds. The molecule has 0 fully saturated rings. The van der Waals surface area contributed by atoms with Gasteiger partial charge in [-0.05, 0) is 82.2 Å². The molecule has 0 saturated carbocycles. The number of carboxylic acid groups (broad SMARTS) is 1. The van der Waals surface area contributed by atoms with Crippen LogP contribution in [-0.4, -0.2) is 19.1 Å². The SMILES string of the molecule is CC(C)[Si](C#CC#CC#CC#CC#CC#CCCCC(=O)O)(C(C)C)C(C)C. The molecule has 0 spiro atoms. The van der Waals surface area contributed by atoms with Crippen LogP contribution in [0.2, 0.25) is 16.6 Å². The topological polar surface area (TPSA) is 37.3 Å². The van der Waals surface area contributed by atoms with Gasteiger partial charge in [-0.25, -0.2) is 0 Å².